The van der Waals surface area contributed by atoms with Crippen LogP contribution in [0.15, 0.2) is 30.5 Å². The maximum absolute atomic E-state index is 14.4. The highest BCUT2D eigenvalue weighted by molar-refractivity contribution is 5.90. The zero-order valence-electron chi connectivity index (χ0n) is 13.3. The van der Waals surface area contributed by atoms with Gasteiger partial charge in [0.05, 0.1) is 24.5 Å². The number of amides is 2. The van der Waals surface area contributed by atoms with Crippen LogP contribution in [0.2, 0.25) is 0 Å². The van der Waals surface area contributed by atoms with Gasteiger partial charge in [-0.3, -0.25) is 9.69 Å². The molecule has 1 fully saturated rings. The van der Waals surface area contributed by atoms with Crippen molar-refractivity contribution in [2.45, 2.75) is 20.0 Å². The van der Waals surface area contributed by atoms with E-state index in [2.05, 4.69) is 10.4 Å². The van der Waals surface area contributed by atoms with Crippen molar-refractivity contribution >= 4 is 17.7 Å². The third-order valence-corrected chi connectivity index (χ3v) is 3.66. The number of benzene rings is 1. The fraction of sp³-hybridized carbons (Fsp3) is 0.312. The molecule has 126 valence electrons. The molecule has 1 aliphatic rings. The Morgan fingerprint density at radius 3 is 2.88 bits per heavy atom. The molecule has 0 bridgehead atoms. The summed E-state index contributed by atoms with van der Waals surface area (Å²) in [5.74, 6) is -0.692. The molecule has 1 atom stereocenters. The van der Waals surface area contributed by atoms with E-state index in [-0.39, 0.29) is 19.0 Å². The van der Waals surface area contributed by atoms with Gasteiger partial charge in [-0.05, 0) is 31.2 Å². The number of rotatable bonds is 4. The number of aryl methyl sites for hydroxylation is 1. The van der Waals surface area contributed by atoms with Crippen LogP contribution in [0.5, 0.6) is 0 Å². The Morgan fingerprint density at radius 1 is 1.46 bits per heavy atom. The van der Waals surface area contributed by atoms with Crippen molar-refractivity contribution in [3.63, 3.8) is 0 Å². The number of hydrogen-bond donors (Lipinski definition) is 1. The van der Waals surface area contributed by atoms with Crippen molar-refractivity contribution in [2.24, 2.45) is 0 Å². The normalized spacial score (nSPS) is 17.0. The van der Waals surface area contributed by atoms with Gasteiger partial charge in [-0.25, -0.2) is 13.9 Å². The standard InChI is InChI=1S/C16H17FN4O3/c1-10-5-6-21(19-10)15-4-3-12(7-14(15)17)20-9-13(24-16(20)23)8-18-11(2)22/h3-7,13H,8-9H2,1-2H3,(H,18,22)/t13-/m0/s1. The van der Waals surface area contributed by atoms with Crippen LogP contribution in [0.3, 0.4) is 0 Å². The maximum atomic E-state index is 14.4. The highest BCUT2D eigenvalue weighted by Gasteiger charge is 2.32. The average Bonchev–Trinajstić information content (AvgIpc) is 3.11. The topological polar surface area (TPSA) is 76.5 Å². The second kappa shape index (κ2) is 6.31. The third-order valence-electron chi connectivity index (χ3n) is 3.66. The zero-order chi connectivity index (χ0) is 17.3. The average molecular weight is 332 g/mol. The molecule has 0 saturated carbocycles. The quantitative estimate of drug-likeness (QED) is 0.926. The Balaban J connectivity index is 1.77. The molecule has 1 aromatic heterocycles. The van der Waals surface area contributed by atoms with Gasteiger partial charge in [0.2, 0.25) is 5.91 Å². The first kappa shape index (κ1) is 16.0. The predicted molar refractivity (Wildman–Crippen MR) is 84.6 cm³/mol. The van der Waals surface area contributed by atoms with Crippen LogP contribution in [0.25, 0.3) is 5.69 Å². The number of carbonyl (C=O) groups is 2. The lowest BCUT2D eigenvalue weighted by molar-refractivity contribution is -0.119. The molecular formula is C16H17FN4O3. The highest BCUT2D eigenvalue weighted by atomic mass is 19.1. The molecule has 0 radical (unpaired) electrons. The number of hydrogen-bond acceptors (Lipinski definition) is 4. The van der Waals surface area contributed by atoms with Crippen molar-refractivity contribution in [3.8, 4) is 5.69 Å². The van der Waals surface area contributed by atoms with E-state index >= 15 is 0 Å². The Morgan fingerprint density at radius 2 is 2.25 bits per heavy atom. The van der Waals surface area contributed by atoms with Gasteiger partial charge in [0.15, 0.2) is 5.82 Å². The summed E-state index contributed by atoms with van der Waals surface area (Å²) >= 11 is 0. The lowest BCUT2D eigenvalue weighted by Crippen LogP contribution is -2.33. The molecule has 2 aromatic rings. The van der Waals surface area contributed by atoms with Gasteiger partial charge in [-0.2, -0.15) is 5.10 Å². The first-order valence-corrected chi connectivity index (χ1v) is 7.49. The number of carbonyl (C=O) groups excluding carboxylic acids is 2. The minimum atomic E-state index is -0.563. The summed E-state index contributed by atoms with van der Waals surface area (Å²) in [6.45, 7) is 3.68. The van der Waals surface area contributed by atoms with Crippen molar-refractivity contribution in [3.05, 3.63) is 42.0 Å². The van der Waals surface area contributed by atoms with E-state index in [9.17, 15) is 14.0 Å². The summed E-state index contributed by atoms with van der Waals surface area (Å²) in [5, 5.41) is 6.76. The third kappa shape index (κ3) is 3.22. The minimum Gasteiger partial charge on any atom is -0.442 e. The van der Waals surface area contributed by atoms with Crippen molar-refractivity contribution in [1.82, 2.24) is 15.1 Å². The molecule has 1 aliphatic heterocycles. The van der Waals surface area contributed by atoms with Crippen molar-refractivity contribution in [1.29, 1.82) is 0 Å². The molecule has 8 heteroatoms. The SMILES string of the molecule is CC(=O)NC[C@H]1CN(c2ccc(-n3ccc(C)n3)c(F)c2)C(=O)O1. The molecule has 24 heavy (non-hydrogen) atoms. The van der Waals surface area contributed by atoms with Gasteiger partial charge in [-0.1, -0.05) is 0 Å². The molecule has 1 aromatic carbocycles. The molecule has 0 unspecified atom stereocenters. The second-order valence-electron chi connectivity index (χ2n) is 5.59. The van der Waals surface area contributed by atoms with Crippen LogP contribution in [0.1, 0.15) is 12.6 Å². The van der Waals surface area contributed by atoms with Gasteiger partial charge in [0.25, 0.3) is 0 Å². The van der Waals surface area contributed by atoms with Crippen LogP contribution in [0, 0.1) is 12.7 Å². The van der Waals surface area contributed by atoms with Crippen LogP contribution in [-0.4, -0.2) is 41.0 Å². The van der Waals surface area contributed by atoms with Crippen LogP contribution in [0.4, 0.5) is 14.9 Å². The van der Waals surface area contributed by atoms with E-state index in [1.165, 1.54) is 22.6 Å². The van der Waals surface area contributed by atoms with Gasteiger partial charge >= 0.3 is 6.09 Å². The summed E-state index contributed by atoms with van der Waals surface area (Å²) in [6.07, 6.45) is 0.645. The van der Waals surface area contributed by atoms with Crippen LogP contribution >= 0.6 is 0 Å². The Labute approximate surface area is 138 Å². The Kier molecular flexibility index (Phi) is 4.20. The number of anilines is 1. The minimum absolute atomic E-state index is 0.200. The molecule has 2 amide bonds. The van der Waals surface area contributed by atoms with Gasteiger partial charge in [0, 0.05) is 13.1 Å². The van der Waals surface area contributed by atoms with E-state index < -0.39 is 18.0 Å². The van der Waals surface area contributed by atoms with Gasteiger partial charge in [-0.15, -0.1) is 0 Å². The summed E-state index contributed by atoms with van der Waals surface area (Å²) in [6, 6.07) is 6.25. The molecule has 1 N–H and O–H groups in total. The van der Waals surface area contributed by atoms with Crippen LogP contribution in [-0.2, 0) is 9.53 Å². The molecule has 3 rings (SSSR count). The van der Waals surface area contributed by atoms with E-state index in [0.717, 1.165) is 5.69 Å². The molecule has 0 spiro atoms. The Bertz CT molecular complexity index is 789. The Hall–Kier alpha value is -2.90. The monoisotopic (exact) mass is 332 g/mol. The predicted octanol–water partition coefficient (Wildman–Crippen LogP) is 1.78. The summed E-state index contributed by atoms with van der Waals surface area (Å²) in [7, 11) is 0. The summed E-state index contributed by atoms with van der Waals surface area (Å²) in [5.41, 5.74) is 1.48. The van der Waals surface area contributed by atoms with Crippen LogP contribution < -0.4 is 10.2 Å². The largest absolute Gasteiger partial charge is 0.442 e. The molecule has 0 aliphatic carbocycles. The lowest BCUT2D eigenvalue weighted by Gasteiger charge is -2.14. The van der Waals surface area contributed by atoms with E-state index in [0.29, 0.717) is 11.4 Å². The zero-order valence-corrected chi connectivity index (χ0v) is 13.3. The second-order valence-corrected chi connectivity index (χ2v) is 5.59. The number of aromatic nitrogens is 2. The first-order chi connectivity index (χ1) is 11.4. The summed E-state index contributed by atoms with van der Waals surface area (Å²) < 4.78 is 21.0. The molecule has 1 saturated heterocycles. The van der Waals surface area contributed by atoms with E-state index in [4.69, 9.17) is 4.74 Å². The van der Waals surface area contributed by atoms with Gasteiger partial charge < -0.3 is 10.1 Å². The molecule has 2 heterocycles. The number of cyclic esters (lactones) is 1. The van der Waals surface area contributed by atoms with Crippen molar-refractivity contribution in [2.75, 3.05) is 18.0 Å². The summed E-state index contributed by atoms with van der Waals surface area (Å²) in [4.78, 5) is 24.2. The first-order valence-electron chi connectivity index (χ1n) is 7.49. The number of ether oxygens (including phenoxy) is 1. The van der Waals surface area contributed by atoms with Gasteiger partial charge in [0.1, 0.15) is 11.8 Å². The lowest BCUT2D eigenvalue weighted by atomic mass is 10.2. The smallest absolute Gasteiger partial charge is 0.414 e. The fourth-order valence-electron chi connectivity index (χ4n) is 2.49. The highest BCUT2D eigenvalue weighted by Crippen LogP contribution is 2.25. The van der Waals surface area contributed by atoms with Crippen molar-refractivity contribution < 1.29 is 18.7 Å². The number of halogens is 1. The number of nitrogens with zero attached hydrogens (tertiary/aromatic N) is 3. The molecule has 7 nitrogen and oxygen atoms in total. The van der Waals surface area contributed by atoms with E-state index in [1.807, 2.05) is 6.92 Å². The number of nitrogens with one attached hydrogen (secondary N) is 1. The fourth-order valence-corrected chi connectivity index (χ4v) is 2.49. The van der Waals surface area contributed by atoms with E-state index in [1.54, 1.807) is 24.4 Å². The maximum Gasteiger partial charge on any atom is 0.414 e. The molecular weight excluding hydrogens is 315 g/mol.